The van der Waals surface area contributed by atoms with Crippen molar-refractivity contribution in [2.75, 3.05) is 20.8 Å². The SMILES string of the molecule is CCCNC(C)CC(C)c1cc(OC)cc(OC)c1. The van der Waals surface area contributed by atoms with E-state index in [-0.39, 0.29) is 0 Å². The molecule has 0 heterocycles. The van der Waals surface area contributed by atoms with Crippen molar-refractivity contribution in [1.29, 1.82) is 0 Å². The Morgan fingerprint density at radius 2 is 1.63 bits per heavy atom. The average molecular weight is 265 g/mol. The minimum Gasteiger partial charge on any atom is -0.497 e. The summed E-state index contributed by atoms with van der Waals surface area (Å²) in [5.74, 6) is 2.19. The third-order valence-electron chi connectivity index (χ3n) is 3.39. The van der Waals surface area contributed by atoms with Crippen LogP contribution in [0.2, 0.25) is 0 Å². The van der Waals surface area contributed by atoms with Crippen molar-refractivity contribution < 1.29 is 9.47 Å². The minimum atomic E-state index is 0.475. The van der Waals surface area contributed by atoms with E-state index in [1.807, 2.05) is 6.07 Å². The molecule has 1 aromatic carbocycles. The molecule has 108 valence electrons. The molecule has 3 nitrogen and oxygen atoms in total. The molecule has 1 aromatic rings. The van der Waals surface area contributed by atoms with Crippen LogP contribution in [0, 0.1) is 0 Å². The number of benzene rings is 1. The Balaban J connectivity index is 2.72. The van der Waals surface area contributed by atoms with Crippen LogP contribution in [0.5, 0.6) is 11.5 Å². The van der Waals surface area contributed by atoms with Crippen molar-refractivity contribution in [3.05, 3.63) is 23.8 Å². The molecule has 0 saturated carbocycles. The fourth-order valence-corrected chi connectivity index (χ4v) is 2.25. The van der Waals surface area contributed by atoms with E-state index in [0.717, 1.165) is 24.5 Å². The molecule has 0 aliphatic carbocycles. The zero-order chi connectivity index (χ0) is 14.3. The van der Waals surface area contributed by atoms with Gasteiger partial charge in [0.05, 0.1) is 14.2 Å². The number of rotatable bonds is 8. The van der Waals surface area contributed by atoms with E-state index >= 15 is 0 Å². The summed E-state index contributed by atoms with van der Waals surface area (Å²) in [4.78, 5) is 0. The quantitative estimate of drug-likeness (QED) is 0.779. The van der Waals surface area contributed by atoms with Crippen LogP contribution in [0.1, 0.15) is 45.1 Å². The van der Waals surface area contributed by atoms with Gasteiger partial charge in [-0.2, -0.15) is 0 Å². The second-order valence-electron chi connectivity index (χ2n) is 5.14. The fourth-order valence-electron chi connectivity index (χ4n) is 2.25. The topological polar surface area (TPSA) is 30.5 Å². The molecule has 0 aliphatic rings. The molecule has 1 rings (SSSR count). The van der Waals surface area contributed by atoms with Crippen molar-refractivity contribution in [2.24, 2.45) is 0 Å². The molecule has 2 atom stereocenters. The number of hydrogen-bond acceptors (Lipinski definition) is 3. The molecular formula is C16H27NO2. The van der Waals surface area contributed by atoms with Crippen molar-refractivity contribution in [2.45, 2.75) is 45.6 Å². The standard InChI is InChI=1S/C16H27NO2/c1-6-7-17-13(3)8-12(2)14-9-15(18-4)11-16(10-14)19-5/h9-13,17H,6-8H2,1-5H3. The summed E-state index contributed by atoms with van der Waals surface area (Å²) < 4.78 is 10.6. The lowest BCUT2D eigenvalue weighted by molar-refractivity contribution is 0.391. The Kier molecular flexibility index (Phi) is 6.71. The largest absolute Gasteiger partial charge is 0.497 e. The summed E-state index contributed by atoms with van der Waals surface area (Å²) in [6, 6.07) is 6.63. The van der Waals surface area contributed by atoms with Crippen LogP contribution in [0.4, 0.5) is 0 Å². The lowest BCUT2D eigenvalue weighted by Crippen LogP contribution is -2.28. The van der Waals surface area contributed by atoms with E-state index in [4.69, 9.17) is 9.47 Å². The molecule has 0 saturated heterocycles. The van der Waals surface area contributed by atoms with Crippen molar-refractivity contribution in [3.63, 3.8) is 0 Å². The van der Waals surface area contributed by atoms with Crippen molar-refractivity contribution in [1.82, 2.24) is 5.32 Å². The number of hydrogen-bond donors (Lipinski definition) is 1. The summed E-state index contributed by atoms with van der Waals surface area (Å²) in [5.41, 5.74) is 1.27. The highest BCUT2D eigenvalue weighted by molar-refractivity contribution is 5.39. The number of ether oxygens (including phenoxy) is 2. The first-order chi connectivity index (χ1) is 9.10. The lowest BCUT2D eigenvalue weighted by atomic mass is 9.94. The molecule has 0 bridgehead atoms. The average Bonchev–Trinajstić information content (AvgIpc) is 2.44. The fraction of sp³-hybridized carbons (Fsp3) is 0.625. The zero-order valence-electron chi connectivity index (χ0n) is 12.8. The van der Waals surface area contributed by atoms with Gasteiger partial charge in [-0.25, -0.2) is 0 Å². The summed E-state index contributed by atoms with van der Waals surface area (Å²) >= 11 is 0. The monoisotopic (exact) mass is 265 g/mol. The van der Waals surface area contributed by atoms with E-state index in [9.17, 15) is 0 Å². The first-order valence-corrected chi connectivity index (χ1v) is 7.07. The van der Waals surface area contributed by atoms with Crippen LogP contribution in [0.25, 0.3) is 0 Å². The Morgan fingerprint density at radius 3 is 2.11 bits per heavy atom. The van der Waals surface area contributed by atoms with E-state index in [1.165, 1.54) is 12.0 Å². The molecule has 0 radical (unpaired) electrons. The molecule has 0 fully saturated rings. The van der Waals surface area contributed by atoms with Crippen LogP contribution in [0.3, 0.4) is 0 Å². The highest BCUT2D eigenvalue weighted by Gasteiger charge is 2.12. The van der Waals surface area contributed by atoms with Gasteiger partial charge in [-0.15, -0.1) is 0 Å². The van der Waals surface area contributed by atoms with E-state index in [1.54, 1.807) is 14.2 Å². The lowest BCUT2D eigenvalue weighted by Gasteiger charge is -2.20. The highest BCUT2D eigenvalue weighted by atomic mass is 16.5. The molecule has 2 unspecified atom stereocenters. The molecule has 0 aliphatic heterocycles. The predicted octanol–water partition coefficient (Wildman–Crippen LogP) is 3.59. The van der Waals surface area contributed by atoms with Crippen molar-refractivity contribution >= 4 is 0 Å². The van der Waals surface area contributed by atoms with Crippen LogP contribution in [-0.2, 0) is 0 Å². The van der Waals surface area contributed by atoms with Crippen LogP contribution in [0.15, 0.2) is 18.2 Å². The molecule has 1 N–H and O–H groups in total. The van der Waals surface area contributed by atoms with Gasteiger partial charge in [0.15, 0.2) is 0 Å². The Morgan fingerprint density at radius 1 is 1.05 bits per heavy atom. The first kappa shape index (κ1) is 15.8. The van der Waals surface area contributed by atoms with E-state index < -0.39 is 0 Å². The Labute approximate surface area is 117 Å². The molecule has 0 aromatic heterocycles. The van der Waals surface area contributed by atoms with Crippen LogP contribution >= 0.6 is 0 Å². The maximum atomic E-state index is 5.32. The Hall–Kier alpha value is -1.22. The summed E-state index contributed by atoms with van der Waals surface area (Å²) in [7, 11) is 3.38. The Bertz CT molecular complexity index is 357. The molecule has 19 heavy (non-hydrogen) atoms. The molecular weight excluding hydrogens is 238 g/mol. The van der Waals surface area contributed by atoms with Gasteiger partial charge in [-0.3, -0.25) is 0 Å². The maximum absolute atomic E-state index is 5.32. The zero-order valence-corrected chi connectivity index (χ0v) is 12.8. The number of nitrogens with one attached hydrogen (secondary N) is 1. The van der Waals surface area contributed by atoms with Crippen molar-refractivity contribution in [3.8, 4) is 11.5 Å². The molecule has 0 amide bonds. The van der Waals surface area contributed by atoms with Gasteiger partial charge in [0.25, 0.3) is 0 Å². The van der Waals surface area contributed by atoms with Gasteiger partial charge in [0.1, 0.15) is 11.5 Å². The van der Waals surface area contributed by atoms with Gasteiger partial charge < -0.3 is 14.8 Å². The smallest absolute Gasteiger partial charge is 0.122 e. The van der Waals surface area contributed by atoms with Gasteiger partial charge in [0, 0.05) is 12.1 Å². The summed E-state index contributed by atoms with van der Waals surface area (Å²) in [6.07, 6.45) is 2.28. The molecule has 0 spiro atoms. The first-order valence-electron chi connectivity index (χ1n) is 7.07. The predicted molar refractivity (Wildman–Crippen MR) is 80.3 cm³/mol. The minimum absolute atomic E-state index is 0.475. The van der Waals surface area contributed by atoms with Crippen LogP contribution in [-0.4, -0.2) is 26.8 Å². The normalized spacial score (nSPS) is 13.9. The van der Waals surface area contributed by atoms with Gasteiger partial charge >= 0.3 is 0 Å². The van der Waals surface area contributed by atoms with Gasteiger partial charge in [-0.1, -0.05) is 13.8 Å². The molecule has 3 heteroatoms. The third kappa shape index (κ3) is 5.11. The third-order valence-corrected chi connectivity index (χ3v) is 3.39. The van der Waals surface area contributed by atoms with E-state index in [2.05, 4.69) is 38.2 Å². The number of methoxy groups -OCH3 is 2. The van der Waals surface area contributed by atoms with E-state index in [0.29, 0.717) is 12.0 Å². The summed E-state index contributed by atoms with van der Waals surface area (Å²) in [6.45, 7) is 7.76. The van der Waals surface area contributed by atoms with Gasteiger partial charge in [-0.05, 0) is 49.9 Å². The van der Waals surface area contributed by atoms with Gasteiger partial charge in [0.2, 0.25) is 0 Å². The van der Waals surface area contributed by atoms with Crippen LogP contribution < -0.4 is 14.8 Å². The highest BCUT2D eigenvalue weighted by Crippen LogP contribution is 2.29. The second kappa shape index (κ2) is 8.05. The summed E-state index contributed by atoms with van der Waals surface area (Å²) in [5, 5.41) is 3.53. The maximum Gasteiger partial charge on any atom is 0.122 e. The second-order valence-corrected chi connectivity index (χ2v) is 5.14.